The molecule has 0 aliphatic heterocycles. The lowest BCUT2D eigenvalue weighted by Crippen LogP contribution is -2.41. The van der Waals surface area contributed by atoms with Crippen molar-refractivity contribution in [3.63, 3.8) is 0 Å². The number of thiazole rings is 1. The zero-order chi connectivity index (χ0) is 19.4. The lowest BCUT2D eigenvalue weighted by molar-refractivity contribution is -0.183. The van der Waals surface area contributed by atoms with Gasteiger partial charge < -0.3 is 5.32 Å². The highest BCUT2D eigenvalue weighted by Gasteiger charge is 2.42. The van der Waals surface area contributed by atoms with Gasteiger partial charge in [-0.25, -0.2) is 4.98 Å². The normalized spacial score (nSPS) is 20.4. The van der Waals surface area contributed by atoms with Crippen molar-refractivity contribution in [3.8, 4) is 0 Å². The first kappa shape index (κ1) is 20.2. The summed E-state index contributed by atoms with van der Waals surface area (Å²) >= 11 is 3.25. The molecular weight excluding hydrogens is 393 g/mol. The molecule has 1 amide bonds. The van der Waals surface area contributed by atoms with Crippen LogP contribution in [-0.2, 0) is 5.75 Å². The fourth-order valence-corrected chi connectivity index (χ4v) is 4.73. The molecular formula is C19H21F3N2OS2. The van der Waals surface area contributed by atoms with Gasteiger partial charge in [0.1, 0.15) is 0 Å². The van der Waals surface area contributed by atoms with E-state index in [-0.39, 0.29) is 18.7 Å². The average molecular weight is 415 g/mol. The van der Waals surface area contributed by atoms with E-state index in [0.29, 0.717) is 18.4 Å². The van der Waals surface area contributed by atoms with Crippen LogP contribution in [0.2, 0.25) is 0 Å². The van der Waals surface area contributed by atoms with Gasteiger partial charge in [-0.15, -0.1) is 23.1 Å². The first-order valence-corrected chi connectivity index (χ1v) is 10.7. The summed E-state index contributed by atoms with van der Waals surface area (Å²) in [6.07, 6.45) is -2.98. The highest BCUT2D eigenvalue weighted by Crippen LogP contribution is 2.37. The Morgan fingerprint density at radius 3 is 2.67 bits per heavy atom. The summed E-state index contributed by atoms with van der Waals surface area (Å²) in [7, 11) is 0. The van der Waals surface area contributed by atoms with E-state index < -0.39 is 18.1 Å². The molecule has 0 saturated heterocycles. The maximum atomic E-state index is 12.9. The number of aryl methyl sites for hydroxylation is 1. The van der Waals surface area contributed by atoms with Gasteiger partial charge in [0.05, 0.1) is 16.6 Å². The van der Waals surface area contributed by atoms with Crippen molar-refractivity contribution in [3.05, 3.63) is 45.9 Å². The quantitative estimate of drug-likeness (QED) is 0.648. The molecule has 1 aromatic heterocycles. The van der Waals surface area contributed by atoms with Crippen molar-refractivity contribution in [1.29, 1.82) is 0 Å². The van der Waals surface area contributed by atoms with E-state index in [1.54, 1.807) is 35.2 Å². The van der Waals surface area contributed by atoms with E-state index in [0.717, 1.165) is 21.3 Å². The Kier molecular flexibility index (Phi) is 6.47. The second-order valence-corrected chi connectivity index (χ2v) is 8.86. The van der Waals surface area contributed by atoms with E-state index >= 15 is 0 Å². The predicted molar refractivity (Wildman–Crippen MR) is 102 cm³/mol. The van der Waals surface area contributed by atoms with Crippen LogP contribution in [0.25, 0.3) is 0 Å². The van der Waals surface area contributed by atoms with Gasteiger partial charge in [0, 0.05) is 27.6 Å². The van der Waals surface area contributed by atoms with Crippen molar-refractivity contribution in [2.24, 2.45) is 5.92 Å². The predicted octanol–water partition coefficient (Wildman–Crippen LogP) is 5.59. The Hall–Kier alpha value is -1.54. The summed E-state index contributed by atoms with van der Waals surface area (Å²) in [5.41, 5.74) is 1.50. The molecule has 2 atom stereocenters. The molecule has 8 heteroatoms. The SMILES string of the molecule is Cc1nc(CSc2ccc(C(=O)NC3CCCC(C(F)(F)F)C3)cc2)cs1. The molecule has 1 N–H and O–H groups in total. The van der Waals surface area contributed by atoms with Gasteiger partial charge in [0.25, 0.3) is 5.91 Å². The highest BCUT2D eigenvalue weighted by atomic mass is 32.2. The lowest BCUT2D eigenvalue weighted by Gasteiger charge is -2.31. The molecule has 3 nitrogen and oxygen atoms in total. The molecule has 2 aromatic rings. The summed E-state index contributed by atoms with van der Waals surface area (Å²) < 4.78 is 38.7. The Morgan fingerprint density at radius 2 is 2.04 bits per heavy atom. The molecule has 1 aromatic carbocycles. The topological polar surface area (TPSA) is 42.0 Å². The summed E-state index contributed by atoms with van der Waals surface area (Å²) in [5, 5.41) is 5.83. The van der Waals surface area contributed by atoms with Gasteiger partial charge in [-0.3, -0.25) is 4.79 Å². The third kappa shape index (κ3) is 5.72. The lowest BCUT2D eigenvalue weighted by atomic mass is 9.85. The van der Waals surface area contributed by atoms with Crippen LogP contribution >= 0.6 is 23.1 Å². The number of amides is 1. The number of alkyl halides is 3. The van der Waals surface area contributed by atoms with Crippen molar-refractivity contribution in [1.82, 2.24) is 10.3 Å². The maximum absolute atomic E-state index is 12.9. The van der Waals surface area contributed by atoms with Gasteiger partial charge in [-0.2, -0.15) is 13.2 Å². The smallest absolute Gasteiger partial charge is 0.349 e. The first-order valence-electron chi connectivity index (χ1n) is 8.82. The van der Waals surface area contributed by atoms with E-state index in [1.165, 1.54) is 0 Å². The van der Waals surface area contributed by atoms with Gasteiger partial charge in [0.2, 0.25) is 0 Å². The van der Waals surface area contributed by atoms with E-state index in [4.69, 9.17) is 0 Å². The Balaban J connectivity index is 1.52. The summed E-state index contributed by atoms with van der Waals surface area (Å²) in [6.45, 7) is 1.97. The molecule has 0 spiro atoms. The summed E-state index contributed by atoms with van der Waals surface area (Å²) in [4.78, 5) is 17.8. The minimum Gasteiger partial charge on any atom is -0.349 e. The van der Waals surface area contributed by atoms with Gasteiger partial charge in [-0.05, 0) is 50.5 Å². The van der Waals surface area contributed by atoms with E-state index in [2.05, 4.69) is 10.3 Å². The van der Waals surface area contributed by atoms with Crippen LogP contribution in [-0.4, -0.2) is 23.1 Å². The molecule has 1 aliphatic carbocycles. The van der Waals surface area contributed by atoms with Crippen molar-refractivity contribution in [2.45, 2.75) is 55.5 Å². The fraction of sp³-hybridized carbons (Fsp3) is 0.474. The number of rotatable bonds is 5. The molecule has 27 heavy (non-hydrogen) atoms. The van der Waals surface area contributed by atoms with Crippen LogP contribution in [0, 0.1) is 12.8 Å². The van der Waals surface area contributed by atoms with Gasteiger partial charge in [-0.1, -0.05) is 6.42 Å². The second kappa shape index (κ2) is 8.65. The van der Waals surface area contributed by atoms with Crippen molar-refractivity contribution in [2.75, 3.05) is 0 Å². The van der Waals surface area contributed by atoms with Gasteiger partial charge >= 0.3 is 6.18 Å². The number of carbonyl (C=O) groups excluding carboxylic acids is 1. The average Bonchev–Trinajstić information content (AvgIpc) is 3.05. The number of thioether (sulfide) groups is 1. The Bertz CT molecular complexity index is 774. The number of benzene rings is 1. The first-order chi connectivity index (χ1) is 12.8. The van der Waals surface area contributed by atoms with E-state index in [1.807, 2.05) is 24.4 Å². The number of hydrogen-bond donors (Lipinski definition) is 1. The van der Waals surface area contributed by atoms with E-state index in [9.17, 15) is 18.0 Å². The van der Waals surface area contributed by atoms with Crippen LogP contribution in [0.4, 0.5) is 13.2 Å². The molecule has 1 heterocycles. The largest absolute Gasteiger partial charge is 0.391 e. The summed E-state index contributed by atoms with van der Waals surface area (Å²) in [6, 6.07) is 6.73. The third-order valence-electron chi connectivity index (χ3n) is 4.64. The standard InChI is InChI=1S/C19H21F3N2OS2/c1-12-23-16(10-26-12)11-27-17-7-5-13(6-8-17)18(25)24-15-4-2-3-14(9-15)19(20,21)22/h5-8,10,14-15H,2-4,9,11H2,1H3,(H,24,25). The number of nitrogens with zero attached hydrogens (tertiary/aromatic N) is 1. The highest BCUT2D eigenvalue weighted by molar-refractivity contribution is 7.98. The molecule has 1 saturated carbocycles. The zero-order valence-electron chi connectivity index (χ0n) is 14.9. The summed E-state index contributed by atoms with van der Waals surface area (Å²) in [5.74, 6) is -0.865. The Labute approximate surface area is 164 Å². The molecule has 0 radical (unpaired) electrons. The molecule has 2 unspecified atom stereocenters. The zero-order valence-corrected chi connectivity index (χ0v) is 16.5. The second-order valence-electron chi connectivity index (χ2n) is 6.75. The molecule has 0 bridgehead atoms. The van der Waals surface area contributed by atoms with Crippen LogP contribution in [0.15, 0.2) is 34.5 Å². The molecule has 3 rings (SSSR count). The number of aromatic nitrogens is 1. The molecule has 1 fully saturated rings. The number of nitrogens with one attached hydrogen (secondary N) is 1. The van der Waals surface area contributed by atoms with Crippen LogP contribution in [0.5, 0.6) is 0 Å². The minimum atomic E-state index is -4.18. The molecule has 146 valence electrons. The number of carbonyl (C=O) groups is 1. The monoisotopic (exact) mass is 414 g/mol. The van der Waals surface area contributed by atoms with Gasteiger partial charge in [0.15, 0.2) is 0 Å². The van der Waals surface area contributed by atoms with Crippen molar-refractivity contribution < 1.29 is 18.0 Å². The number of hydrogen-bond acceptors (Lipinski definition) is 4. The fourth-order valence-electron chi connectivity index (χ4n) is 3.22. The van der Waals surface area contributed by atoms with Crippen molar-refractivity contribution >= 4 is 29.0 Å². The number of halogens is 3. The van der Waals surface area contributed by atoms with Crippen LogP contribution in [0.1, 0.15) is 46.7 Å². The van der Waals surface area contributed by atoms with Crippen LogP contribution in [0.3, 0.4) is 0 Å². The van der Waals surface area contributed by atoms with Crippen LogP contribution < -0.4 is 5.32 Å². The maximum Gasteiger partial charge on any atom is 0.391 e. The molecule has 1 aliphatic rings. The third-order valence-corrected chi connectivity index (χ3v) is 6.51. The Morgan fingerprint density at radius 1 is 1.30 bits per heavy atom. The minimum absolute atomic E-state index is 0.0315.